The monoisotopic (exact) mass is 467 g/mol. The van der Waals surface area contributed by atoms with Gasteiger partial charge >= 0.3 is 0 Å². The van der Waals surface area contributed by atoms with Crippen molar-refractivity contribution in [3.8, 4) is 11.5 Å². The Hall–Kier alpha value is -3.85. The number of anilines is 2. The number of nitrogens with one attached hydrogen (secondary N) is 2. The Morgan fingerprint density at radius 3 is 2.18 bits per heavy atom. The average Bonchev–Trinajstić information content (AvgIpc) is 3.03. The normalized spacial score (nSPS) is 13.5. The van der Waals surface area contributed by atoms with Gasteiger partial charge in [0.1, 0.15) is 5.70 Å². The number of hydrogen-bond donors (Lipinski definition) is 2. The highest BCUT2D eigenvalue weighted by Crippen LogP contribution is 2.34. The molecular weight excluding hydrogens is 438 g/mol. The highest BCUT2D eigenvalue weighted by molar-refractivity contribution is 6.36. The fraction of sp³-hybridized carbons (Fsp3) is 0.320. The lowest BCUT2D eigenvalue weighted by molar-refractivity contribution is -0.138. The van der Waals surface area contributed by atoms with Crippen LogP contribution in [-0.2, 0) is 19.1 Å². The standard InChI is InChI=1S/C25H29N3O6/c1-15(2)34-13-12-28-24(30)22(17-6-8-18(9-7-17)26-16(3)29)23(25(28)31)27-19-10-11-20(32-4)21(14-19)33-5/h6-11,14-15,27H,12-13H2,1-5H3,(H,26,29). The Kier molecular flexibility index (Phi) is 7.91. The summed E-state index contributed by atoms with van der Waals surface area (Å²) in [6.45, 7) is 5.54. The predicted octanol–water partition coefficient (Wildman–Crippen LogP) is 3.28. The van der Waals surface area contributed by atoms with E-state index in [1.807, 2.05) is 13.8 Å². The van der Waals surface area contributed by atoms with E-state index in [1.165, 1.54) is 26.0 Å². The van der Waals surface area contributed by atoms with Gasteiger partial charge in [0.15, 0.2) is 11.5 Å². The molecule has 0 aliphatic carbocycles. The molecule has 0 saturated carbocycles. The summed E-state index contributed by atoms with van der Waals surface area (Å²) in [4.78, 5) is 39.1. The number of benzene rings is 2. The SMILES string of the molecule is COc1ccc(NC2=C(c3ccc(NC(C)=O)cc3)C(=O)N(CCOC(C)C)C2=O)cc1OC. The maximum absolute atomic E-state index is 13.3. The molecule has 34 heavy (non-hydrogen) atoms. The molecule has 3 rings (SSSR count). The lowest BCUT2D eigenvalue weighted by Crippen LogP contribution is -2.35. The number of amides is 3. The number of carbonyl (C=O) groups is 3. The van der Waals surface area contributed by atoms with Crippen molar-refractivity contribution >= 4 is 34.7 Å². The topological polar surface area (TPSA) is 106 Å². The molecule has 0 atom stereocenters. The maximum Gasteiger partial charge on any atom is 0.278 e. The van der Waals surface area contributed by atoms with Crippen LogP contribution in [0.15, 0.2) is 48.2 Å². The number of ether oxygens (including phenoxy) is 3. The average molecular weight is 468 g/mol. The van der Waals surface area contributed by atoms with Gasteiger partial charge in [-0.3, -0.25) is 19.3 Å². The largest absolute Gasteiger partial charge is 0.493 e. The number of methoxy groups -OCH3 is 2. The minimum atomic E-state index is -0.451. The molecule has 0 aromatic heterocycles. The lowest BCUT2D eigenvalue weighted by atomic mass is 10.0. The highest BCUT2D eigenvalue weighted by atomic mass is 16.5. The molecule has 0 radical (unpaired) electrons. The quantitative estimate of drug-likeness (QED) is 0.517. The Balaban J connectivity index is 1.98. The minimum Gasteiger partial charge on any atom is -0.493 e. The molecule has 0 unspecified atom stereocenters. The first-order chi connectivity index (χ1) is 16.2. The predicted molar refractivity (Wildman–Crippen MR) is 129 cm³/mol. The van der Waals surface area contributed by atoms with Crippen LogP contribution < -0.4 is 20.1 Å². The van der Waals surface area contributed by atoms with Gasteiger partial charge < -0.3 is 24.8 Å². The number of hydrogen-bond acceptors (Lipinski definition) is 7. The van der Waals surface area contributed by atoms with Crippen LogP contribution in [0, 0.1) is 0 Å². The zero-order valence-corrected chi connectivity index (χ0v) is 19.9. The van der Waals surface area contributed by atoms with Crippen molar-refractivity contribution in [1.29, 1.82) is 0 Å². The maximum atomic E-state index is 13.3. The second kappa shape index (κ2) is 10.8. The summed E-state index contributed by atoms with van der Waals surface area (Å²) < 4.78 is 16.2. The fourth-order valence-corrected chi connectivity index (χ4v) is 3.52. The van der Waals surface area contributed by atoms with E-state index in [0.29, 0.717) is 28.4 Å². The van der Waals surface area contributed by atoms with Crippen molar-refractivity contribution in [2.24, 2.45) is 0 Å². The zero-order valence-electron chi connectivity index (χ0n) is 19.9. The van der Waals surface area contributed by atoms with Crippen molar-refractivity contribution in [2.45, 2.75) is 26.9 Å². The van der Waals surface area contributed by atoms with Crippen LogP contribution >= 0.6 is 0 Å². The van der Waals surface area contributed by atoms with Gasteiger partial charge in [-0.05, 0) is 43.7 Å². The molecule has 180 valence electrons. The van der Waals surface area contributed by atoms with Gasteiger partial charge in [0.05, 0.1) is 39.0 Å². The molecule has 0 spiro atoms. The molecule has 1 heterocycles. The second-order valence-electron chi connectivity index (χ2n) is 7.88. The number of imide groups is 1. The van der Waals surface area contributed by atoms with Crippen molar-refractivity contribution < 1.29 is 28.6 Å². The smallest absolute Gasteiger partial charge is 0.278 e. The van der Waals surface area contributed by atoms with E-state index in [4.69, 9.17) is 14.2 Å². The first-order valence-corrected chi connectivity index (χ1v) is 10.8. The summed E-state index contributed by atoms with van der Waals surface area (Å²) in [5, 5.41) is 5.78. The van der Waals surface area contributed by atoms with E-state index in [1.54, 1.807) is 42.5 Å². The Morgan fingerprint density at radius 1 is 0.941 bits per heavy atom. The number of nitrogens with zero attached hydrogens (tertiary/aromatic N) is 1. The molecule has 1 aliphatic heterocycles. The van der Waals surface area contributed by atoms with E-state index >= 15 is 0 Å². The first kappa shape index (κ1) is 24.8. The molecule has 9 nitrogen and oxygen atoms in total. The summed E-state index contributed by atoms with van der Waals surface area (Å²) in [5.41, 5.74) is 2.07. The molecule has 9 heteroatoms. The Morgan fingerprint density at radius 2 is 1.59 bits per heavy atom. The Labute approximate surface area is 198 Å². The summed E-state index contributed by atoms with van der Waals surface area (Å²) in [5.74, 6) is -0.0581. The molecule has 0 bridgehead atoms. The third-order valence-electron chi connectivity index (χ3n) is 5.08. The lowest BCUT2D eigenvalue weighted by Gasteiger charge is -2.16. The molecule has 0 saturated heterocycles. The van der Waals surface area contributed by atoms with E-state index in [2.05, 4.69) is 10.6 Å². The molecular formula is C25H29N3O6. The molecule has 2 aromatic rings. The first-order valence-electron chi connectivity index (χ1n) is 10.8. The van der Waals surface area contributed by atoms with Crippen LogP contribution in [0.3, 0.4) is 0 Å². The summed E-state index contributed by atoms with van der Waals surface area (Å²) >= 11 is 0. The Bertz CT molecular complexity index is 1110. The van der Waals surface area contributed by atoms with Gasteiger partial charge in [-0.15, -0.1) is 0 Å². The fourth-order valence-electron chi connectivity index (χ4n) is 3.52. The van der Waals surface area contributed by atoms with Gasteiger partial charge in [-0.1, -0.05) is 12.1 Å². The van der Waals surface area contributed by atoms with Gasteiger partial charge in [0.2, 0.25) is 5.91 Å². The summed E-state index contributed by atoms with van der Waals surface area (Å²) in [6.07, 6.45) is -0.0223. The number of carbonyl (C=O) groups excluding carboxylic acids is 3. The van der Waals surface area contributed by atoms with Gasteiger partial charge in [-0.2, -0.15) is 0 Å². The molecule has 2 aromatic carbocycles. The molecule has 2 N–H and O–H groups in total. The van der Waals surface area contributed by atoms with Gasteiger partial charge in [0, 0.05) is 24.4 Å². The van der Waals surface area contributed by atoms with E-state index in [0.717, 1.165) is 0 Å². The van der Waals surface area contributed by atoms with Crippen LogP contribution in [0.5, 0.6) is 11.5 Å². The van der Waals surface area contributed by atoms with Crippen molar-refractivity contribution in [1.82, 2.24) is 4.90 Å². The van der Waals surface area contributed by atoms with Gasteiger partial charge in [-0.25, -0.2) is 0 Å². The van der Waals surface area contributed by atoms with Crippen LogP contribution in [0.1, 0.15) is 26.3 Å². The van der Waals surface area contributed by atoms with Crippen LogP contribution in [0.2, 0.25) is 0 Å². The van der Waals surface area contributed by atoms with Crippen LogP contribution in [-0.4, -0.2) is 56.1 Å². The summed E-state index contributed by atoms with van der Waals surface area (Å²) in [6, 6.07) is 11.9. The van der Waals surface area contributed by atoms with Gasteiger partial charge in [0.25, 0.3) is 11.8 Å². The van der Waals surface area contributed by atoms with Crippen molar-refractivity contribution in [3.05, 3.63) is 53.7 Å². The minimum absolute atomic E-state index is 0.0223. The van der Waals surface area contributed by atoms with Crippen molar-refractivity contribution in [3.63, 3.8) is 0 Å². The van der Waals surface area contributed by atoms with E-state index < -0.39 is 11.8 Å². The third-order valence-corrected chi connectivity index (χ3v) is 5.08. The van der Waals surface area contributed by atoms with E-state index in [-0.39, 0.29) is 36.4 Å². The van der Waals surface area contributed by atoms with Crippen molar-refractivity contribution in [2.75, 3.05) is 38.0 Å². The van der Waals surface area contributed by atoms with E-state index in [9.17, 15) is 14.4 Å². The van der Waals surface area contributed by atoms with Crippen LogP contribution in [0.4, 0.5) is 11.4 Å². The highest BCUT2D eigenvalue weighted by Gasteiger charge is 2.39. The van der Waals surface area contributed by atoms with Crippen LogP contribution in [0.25, 0.3) is 5.57 Å². The second-order valence-corrected chi connectivity index (χ2v) is 7.88. The number of rotatable bonds is 10. The molecule has 0 fully saturated rings. The zero-order chi connectivity index (χ0) is 24.8. The molecule has 1 aliphatic rings. The third kappa shape index (κ3) is 5.55. The molecule has 3 amide bonds. The summed E-state index contributed by atoms with van der Waals surface area (Å²) in [7, 11) is 3.05.